The highest BCUT2D eigenvalue weighted by Crippen LogP contribution is 2.28. The summed E-state index contributed by atoms with van der Waals surface area (Å²) in [6.07, 6.45) is 8.47. The zero-order chi connectivity index (χ0) is 22.4. The van der Waals surface area contributed by atoms with Crippen molar-refractivity contribution in [2.45, 2.75) is 39.0 Å². The van der Waals surface area contributed by atoms with E-state index in [1.54, 1.807) is 16.7 Å². The van der Waals surface area contributed by atoms with Crippen LogP contribution in [-0.4, -0.2) is 51.8 Å². The highest BCUT2D eigenvalue weighted by atomic mass is 16.3. The minimum Gasteiger partial charge on any atom is -0.395 e. The molecule has 0 saturated carbocycles. The Balaban J connectivity index is 1.83. The predicted octanol–water partition coefficient (Wildman–Crippen LogP) is 3.82. The molecule has 1 aliphatic heterocycles. The van der Waals surface area contributed by atoms with Crippen molar-refractivity contribution in [3.8, 4) is 0 Å². The number of rotatable bonds is 8. The Hall–Kier alpha value is -2.83. The fourth-order valence-electron chi connectivity index (χ4n) is 3.88. The summed E-state index contributed by atoms with van der Waals surface area (Å²) in [4.78, 5) is 24.0. The quantitative estimate of drug-likeness (QED) is 0.521. The molecule has 2 aromatic rings. The van der Waals surface area contributed by atoms with Crippen molar-refractivity contribution >= 4 is 17.4 Å². The molecule has 0 atom stereocenters. The fraction of sp³-hybridized carbons (Fsp3) is 0.400. The van der Waals surface area contributed by atoms with E-state index in [0.717, 1.165) is 55.7 Å². The van der Waals surface area contributed by atoms with Crippen LogP contribution < -0.4 is 5.56 Å². The maximum atomic E-state index is 12.8. The first-order valence-corrected chi connectivity index (χ1v) is 10.9. The first kappa shape index (κ1) is 22.8. The Bertz CT molecular complexity index is 1070. The van der Waals surface area contributed by atoms with Crippen molar-refractivity contribution < 1.29 is 5.11 Å². The summed E-state index contributed by atoms with van der Waals surface area (Å²) >= 11 is 0. The van der Waals surface area contributed by atoms with Crippen molar-refractivity contribution in [2.75, 3.05) is 26.2 Å². The molecule has 0 bridgehead atoms. The number of piperidine rings is 1. The van der Waals surface area contributed by atoms with Crippen LogP contribution in [0.25, 0.3) is 11.2 Å². The zero-order valence-corrected chi connectivity index (χ0v) is 18.5. The van der Waals surface area contributed by atoms with Gasteiger partial charge in [0.2, 0.25) is 0 Å². The summed E-state index contributed by atoms with van der Waals surface area (Å²) in [6.45, 7) is 14.6. The molecule has 0 unspecified atom stereocenters. The molecule has 1 fully saturated rings. The third-order valence-corrected chi connectivity index (χ3v) is 5.71. The molecule has 0 spiro atoms. The van der Waals surface area contributed by atoms with Crippen LogP contribution in [0.1, 0.15) is 50.3 Å². The molecule has 0 amide bonds. The van der Waals surface area contributed by atoms with E-state index in [0.29, 0.717) is 22.8 Å². The van der Waals surface area contributed by atoms with Gasteiger partial charge in [-0.25, -0.2) is 4.98 Å². The van der Waals surface area contributed by atoms with Gasteiger partial charge < -0.3 is 10.0 Å². The van der Waals surface area contributed by atoms with Gasteiger partial charge in [-0.3, -0.25) is 14.2 Å². The standard InChI is InChI=1S/C25H32N4O2/c1-5-20(16-26-18(2)3)14-19(4)23-15-25(31)29-17-22(6-7-24(29)27-23)21-8-10-28(11-9-21)12-13-30/h6-7,14-17,21,30H,2,4-5,8-13H2,1,3H3/b20-14-,26-16?. The monoisotopic (exact) mass is 420 g/mol. The largest absolute Gasteiger partial charge is 0.395 e. The van der Waals surface area contributed by atoms with Crippen LogP contribution in [0.5, 0.6) is 0 Å². The lowest BCUT2D eigenvalue weighted by atomic mass is 9.90. The van der Waals surface area contributed by atoms with Crippen LogP contribution in [0.15, 0.2) is 64.7 Å². The maximum absolute atomic E-state index is 12.8. The lowest BCUT2D eigenvalue weighted by Crippen LogP contribution is -2.35. The smallest absolute Gasteiger partial charge is 0.258 e. The number of nitrogens with zero attached hydrogens (tertiary/aromatic N) is 4. The number of aliphatic imine (C=N–C) groups is 1. The van der Waals surface area contributed by atoms with Gasteiger partial charge in [-0.15, -0.1) is 0 Å². The summed E-state index contributed by atoms with van der Waals surface area (Å²) in [5, 5.41) is 9.12. The number of β-amino-alcohol motifs (C(OH)–C–C–N with tert-alkyl or cyclic N) is 1. The molecule has 3 heterocycles. The average molecular weight is 421 g/mol. The maximum Gasteiger partial charge on any atom is 0.258 e. The highest BCUT2D eigenvalue weighted by Gasteiger charge is 2.20. The first-order valence-electron chi connectivity index (χ1n) is 10.9. The van der Waals surface area contributed by atoms with E-state index in [9.17, 15) is 4.79 Å². The number of hydrogen-bond acceptors (Lipinski definition) is 5. The van der Waals surface area contributed by atoms with E-state index in [-0.39, 0.29) is 12.2 Å². The second kappa shape index (κ2) is 10.5. The van der Waals surface area contributed by atoms with Gasteiger partial charge in [0.25, 0.3) is 5.56 Å². The lowest BCUT2D eigenvalue weighted by molar-refractivity contribution is 0.164. The molecule has 6 heteroatoms. The normalized spacial score (nSPS) is 16.3. The minimum atomic E-state index is -0.109. The number of pyridine rings is 1. The van der Waals surface area contributed by atoms with Crippen molar-refractivity contribution in [2.24, 2.45) is 4.99 Å². The molecule has 3 rings (SSSR count). The van der Waals surface area contributed by atoms with Crippen molar-refractivity contribution in [1.82, 2.24) is 14.3 Å². The summed E-state index contributed by atoms with van der Waals surface area (Å²) < 4.78 is 1.62. The van der Waals surface area contributed by atoms with Crippen LogP contribution in [0.3, 0.4) is 0 Å². The summed E-state index contributed by atoms with van der Waals surface area (Å²) in [5.41, 5.74) is 4.67. The first-order chi connectivity index (χ1) is 14.9. The minimum absolute atomic E-state index is 0.109. The molecule has 164 valence electrons. The topological polar surface area (TPSA) is 70.2 Å². The molecule has 1 saturated heterocycles. The molecule has 0 aliphatic carbocycles. The molecule has 31 heavy (non-hydrogen) atoms. The van der Waals surface area contributed by atoms with Crippen LogP contribution in [-0.2, 0) is 0 Å². The van der Waals surface area contributed by atoms with Gasteiger partial charge in [0.05, 0.1) is 12.3 Å². The van der Waals surface area contributed by atoms with E-state index in [1.807, 2.05) is 32.2 Å². The third-order valence-electron chi connectivity index (χ3n) is 5.71. The number of fused-ring (bicyclic) bond motifs is 1. The number of likely N-dealkylation sites (tertiary alicyclic amines) is 1. The van der Waals surface area contributed by atoms with Crippen molar-refractivity contribution in [1.29, 1.82) is 0 Å². The molecule has 0 radical (unpaired) electrons. The van der Waals surface area contributed by atoms with Gasteiger partial charge in [-0.05, 0) is 74.0 Å². The van der Waals surface area contributed by atoms with E-state index < -0.39 is 0 Å². The second-order valence-corrected chi connectivity index (χ2v) is 8.10. The van der Waals surface area contributed by atoms with Crippen LogP contribution >= 0.6 is 0 Å². The lowest BCUT2D eigenvalue weighted by Gasteiger charge is -2.31. The summed E-state index contributed by atoms with van der Waals surface area (Å²) in [7, 11) is 0. The Kier molecular flexibility index (Phi) is 7.71. The average Bonchev–Trinajstić information content (AvgIpc) is 2.77. The van der Waals surface area contributed by atoms with E-state index in [2.05, 4.69) is 34.1 Å². The Morgan fingerprint density at radius 3 is 2.71 bits per heavy atom. The molecule has 1 N–H and O–H groups in total. The Labute approximate surface area is 184 Å². The van der Waals surface area contributed by atoms with Crippen LogP contribution in [0.4, 0.5) is 0 Å². The van der Waals surface area contributed by atoms with Crippen LogP contribution in [0.2, 0.25) is 0 Å². The number of hydrogen-bond donors (Lipinski definition) is 1. The third kappa shape index (κ3) is 5.87. The molecule has 1 aliphatic rings. The summed E-state index contributed by atoms with van der Waals surface area (Å²) in [6, 6.07) is 5.54. The Morgan fingerprint density at radius 1 is 1.32 bits per heavy atom. The number of allylic oxidation sites excluding steroid dienone is 4. The van der Waals surface area contributed by atoms with E-state index in [4.69, 9.17) is 5.11 Å². The van der Waals surface area contributed by atoms with Crippen LogP contribution in [0, 0.1) is 0 Å². The van der Waals surface area contributed by atoms with E-state index >= 15 is 0 Å². The SMILES string of the molecule is C=C(C)N=C/C(=C\C(=C)c1cc(=O)n2cc(C3CCN(CCO)CC3)ccc2n1)CC. The van der Waals surface area contributed by atoms with Gasteiger partial charge in [-0.2, -0.15) is 0 Å². The second-order valence-electron chi connectivity index (χ2n) is 8.10. The van der Waals surface area contributed by atoms with Gasteiger partial charge in [0, 0.05) is 30.7 Å². The number of aromatic nitrogens is 2. The molecular formula is C25H32N4O2. The predicted molar refractivity (Wildman–Crippen MR) is 128 cm³/mol. The van der Waals surface area contributed by atoms with Gasteiger partial charge in [0.1, 0.15) is 5.65 Å². The molecule has 0 aromatic carbocycles. The van der Waals surface area contributed by atoms with Crippen molar-refractivity contribution in [3.63, 3.8) is 0 Å². The van der Waals surface area contributed by atoms with Gasteiger partial charge in [0.15, 0.2) is 0 Å². The van der Waals surface area contributed by atoms with Crippen molar-refractivity contribution in [3.05, 3.63) is 76.5 Å². The number of aliphatic hydroxyl groups is 1. The van der Waals surface area contributed by atoms with E-state index in [1.165, 1.54) is 0 Å². The molecular weight excluding hydrogens is 388 g/mol. The summed E-state index contributed by atoms with van der Waals surface area (Å²) in [5.74, 6) is 0.420. The van der Waals surface area contributed by atoms with Gasteiger partial charge >= 0.3 is 0 Å². The Morgan fingerprint density at radius 2 is 2.06 bits per heavy atom. The van der Waals surface area contributed by atoms with Gasteiger partial charge in [-0.1, -0.05) is 26.1 Å². The fourth-order valence-corrected chi connectivity index (χ4v) is 3.88. The highest BCUT2D eigenvalue weighted by molar-refractivity contribution is 5.85. The number of aliphatic hydroxyl groups excluding tert-OH is 1. The molecule has 6 nitrogen and oxygen atoms in total. The zero-order valence-electron chi connectivity index (χ0n) is 18.5. The molecule has 2 aromatic heterocycles.